The maximum Gasteiger partial charge on any atom is 0.0571 e. The Hall–Kier alpha value is -0.930. The highest BCUT2D eigenvalue weighted by molar-refractivity contribution is 7.85. The molecule has 3 heteroatoms. The van der Waals surface area contributed by atoms with Gasteiger partial charge < -0.3 is 4.90 Å². The Morgan fingerprint density at radius 3 is 2.62 bits per heavy atom. The van der Waals surface area contributed by atoms with Gasteiger partial charge in [-0.15, -0.1) is 6.58 Å². The third-order valence-corrected chi connectivity index (χ3v) is 4.06. The number of benzene rings is 1. The van der Waals surface area contributed by atoms with E-state index in [2.05, 4.69) is 18.4 Å². The molecule has 0 N–H and O–H groups in total. The van der Waals surface area contributed by atoms with Gasteiger partial charge >= 0.3 is 0 Å². The summed E-state index contributed by atoms with van der Waals surface area (Å²) in [4.78, 5) is 3.04. The minimum atomic E-state index is -0.977. The van der Waals surface area contributed by atoms with Gasteiger partial charge in [0.05, 0.1) is 10.8 Å². The van der Waals surface area contributed by atoms with Crippen LogP contribution in [0.25, 0.3) is 0 Å². The molecule has 0 aliphatic carbocycles. The first-order valence-corrected chi connectivity index (χ1v) is 6.64. The predicted molar refractivity (Wildman–Crippen MR) is 70.0 cm³/mol. The lowest BCUT2D eigenvalue weighted by Crippen LogP contribution is -2.18. The number of hydrogen-bond donors (Lipinski definition) is 0. The van der Waals surface area contributed by atoms with Crippen molar-refractivity contribution >= 4 is 10.8 Å². The molecule has 0 saturated carbocycles. The second-order valence-electron chi connectivity index (χ2n) is 3.98. The molecule has 2 atom stereocenters. The largest absolute Gasteiger partial charge is 0.303 e. The Bertz CT molecular complexity index is 387. The molecular formula is C13H19NOS. The van der Waals surface area contributed by atoms with Gasteiger partial charge in [-0.05, 0) is 32.6 Å². The van der Waals surface area contributed by atoms with Gasteiger partial charge in [0.15, 0.2) is 0 Å². The van der Waals surface area contributed by atoms with Gasteiger partial charge in [0, 0.05) is 16.7 Å². The molecule has 0 fully saturated rings. The SMILES string of the molecule is C=CC[S@@](=O)c1ccccc1[C@@H](C)N(C)C. The predicted octanol–water partition coefficient (Wildman–Crippen LogP) is 2.60. The van der Waals surface area contributed by atoms with Crippen LogP contribution in [0.3, 0.4) is 0 Å². The van der Waals surface area contributed by atoms with Crippen molar-refractivity contribution in [2.75, 3.05) is 19.8 Å². The van der Waals surface area contributed by atoms with Gasteiger partial charge in [0.2, 0.25) is 0 Å². The van der Waals surface area contributed by atoms with Crippen molar-refractivity contribution in [2.45, 2.75) is 17.9 Å². The minimum Gasteiger partial charge on any atom is -0.303 e. The Balaban J connectivity index is 3.09. The summed E-state index contributed by atoms with van der Waals surface area (Å²) in [6.07, 6.45) is 1.70. The van der Waals surface area contributed by atoms with Gasteiger partial charge in [0.25, 0.3) is 0 Å². The second-order valence-corrected chi connectivity index (χ2v) is 5.44. The van der Waals surface area contributed by atoms with Crippen molar-refractivity contribution < 1.29 is 4.21 Å². The number of rotatable bonds is 5. The quantitative estimate of drug-likeness (QED) is 0.734. The van der Waals surface area contributed by atoms with Gasteiger partial charge in [0.1, 0.15) is 0 Å². The fourth-order valence-electron chi connectivity index (χ4n) is 1.51. The Morgan fingerprint density at radius 1 is 1.44 bits per heavy atom. The fourth-order valence-corrected chi connectivity index (χ4v) is 2.63. The summed E-state index contributed by atoms with van der Waals surface area (Å²) >= 11 is 0. The Kier molecular flexibility index (Phi) is 4.90. The molecule has 1 aromatic carbocycles. The molecule has 16 heavy (non-hydrogen) atoms. The van der Waals surface area contributed by atoms with Crippen LogP contribution < -0.4 is 0 Å². The van der Waals surface area contributed by atoms with E-state index in [4.69, 9.17) is 0 Å². The first-order chi connectivity index (χ1) is 7.57. The third-order valence-electron chi connectivity index (χ3n) is 2.66. The molecule has 1 rings (SSSR count). The normalized spacial score (nSPS) is 14.8. The lowest BCUT2D eigenvalue weighted by molar-refractivity contribution is 0.317. The Labute approximate surface area is 100 Å². The van der Waals surface area contributed by atoms with E-state index in [-0.39, 0.29) is 6.04 Å². The lowest BCUT2D eigenvalue weighted by atomic mass is 10.1. The zero-order chi connectivity index (χ0) is 12.1. The van der Waals surface area contributed by atoms with Crippen molar-refractivity contribution in [3.05, 3.63) is 42.5 Å². The third kappa shape index (κ3) is 3.03. The molecule has 0 bridgehead atoms. The highest BCUT2D eigenvalue weighted by Gasteiger charge is 2.15. The lowest BCUT2D eigenvalue weighted by Gasteiger charge is -2.22. The summed E-state index contributed by atoms with van der Waals surface area (Å²) in [7, 11) is 3.07. The first-order valence-electron chi connectivity index (χ1n) is 5.32. The zero-order valence-corrected chi connectivity index (χ0v) is 11.0. The second kappa shape index (κ2) is 5.97. The summed E-state index contributed by atoms with van der Waals surface area (Å²) in [5.41, 5.74) is 1.13. The molecule has 0 saturated heterocycles. The van der Waals surface area contributed by atoms with Crippen molar-refractivity contribution in [3.8, 4) is 0 Å². The van der Waals surface area contributed by atoms with Crippen LogP contribution in [-0.4, -0.2) is 29.0 Å². The summed E-state index contributed by atoms with van der Waals surface area (Å²) in [6.45, 7) is 5.75. The monoisotopic (exact) mass is 237 g/mol. The molecule has 0 amide bonds. The average Bonchev–Trinajstić information content (AvgIpc) is 2.28. The van der Waals surface area contributed by atoms with Crippen LogP contribution in [0.15, 0.2) is 41.8 Å². The van der Waals surface area contributed by atoms with Crippen molar-refractivity contribution in [1.29, 1.82) is 0 Å². The van der Waals surface area contributed by atoms with Crippen LogP contribution in [0.5, 0.6) is 0 Å². The smallest absolute Gasteiger partial charge is 0.0571 e. The molecule has 1 aromatic rings. The highest BCUT2D eigenvalue weighted by atomic mass is 32.2. The van der Waals surface area contributed by atoms with E-state index in [1.54, 1.807) is 6.08 Å². The van der Waals surface area contributed by atoms with Crippen LogP contribution in [-0.2, 0) is 10.8 Å². The van der Waals surface area contributed by atoms with Gasteiger partial charge in [-0.25, -0.2) is 0 Å². The van der Waals surface area contributed by atoms with Crippen molar-refractivity contribution in [1.82, 2.24) is 4.90 Å². The van der Waals surface area contributed by atoms with E-state index < -0.39 is 10.8 Å². The average molecular weight is 237 g/mol. The van der Waals surface area contributed by atoms with Gasteiger partial charge in [-0.2, -0.15) is 0 Å². The summed E-state index contributed by atoms with van der Waals surface area (Å²) in [6, 6.07) is 8.17. The van der Waals surface area contributed by atoms with Crippen LogP contribution in [0.2, 0.25) is 0 Å². The van der Waals surface area contributed by atoms with E-state index >= 15 is 0 Å². The summed E-state index contributed by atoms with van der Waals surface area (Å²) in [5, 5.41) is 0. The highest BCUT2D eigenvalue weighted by Crippen LogP contribution is 2.24. The molecule has 0 aliphatic heterocycles. The van der Waals surface area contributed by atoms with Crippen LogP contribution in [0.1, 0.15) is 18.5 Å². The van der Waals surface area contributed by atoms with Crippen LogP contribution in [0, 0.1) is 0 Å². The van der Waals surface area contributed by atoms with E-state index in [0.717, 1.165) is 10.5 Å². The molecular weight excluding hydrogens is 218 g/mol. The van der Waals surface area contributed by atoms with Crippen molar-refractivity contribution in [3.63, 3.8) is 0 Å². The topological polar surface area (TPSA) is 20.3 Å². The minimum absolute atomic E-state index is 0.268. The molecule has 0 unspecified atom stereocenters. The summed E-state index contributed by atoms with van der Waals surface area (Å²) < 4.78 is 12.0. The molecule has 0 spiro atoms. The van der Waals surface area contributed by atoms with E-state index in [0.29, 0.717) is 5.75 Å². The molecule has 0 heterocycles. The van der Waals surface area contributed by atoms with E-state index in [1.165, 1.54) is 0 Å². The van der Waals surface area contributed by atoms with Crippen molar-refractivity contribution in [2.24, 2.45) is 0 Å². The first kappa shape index (κ1) is 13.1. The van der Waals surface area contributed by atoms with Crippen LogP contribution >= 0.6 is 0 Å². The van der Waals surface area contributed by atoms with Gasteiger partial charge in [-0.3, -0.25) is 4.21 Å². The van der Waals surface area contributed by atoms with E-state index in [1.807, 2.05) is 38.4 Å². The maximum atomic E-state index is 12.0. The standard InChI is InChI=1S/C13H19NOS/c1-5-10-16(15)13-9-7-6-8-12(13)11(2)14(3)4/h5-9,11H,1,10H2,2-4H3/t11-,16-/m1/s1. The summed E-state index contributed by atoms with van der Waals surface area (Å²) in [5.74, 6) is 0.511. The zero-order valence-electron chi connectivity index (χ0n) is 10.1. The maximum absolute atomic E-state index is 12.0. The Morgan fingerprint density at radius 2 is 2.06 bits per heavy atom. The van der Waals surface area contributed by atoms with E-state index in [9.17, 15) is 4.21 Å². The number of hydrogen-bond acceptors (Lipinski definition) is 2. The molecule has 88 valence electrons. The fraction of sp³-hybridized carbons (Fsp3) is 0.385. The number of nitrogens with zero attached hydrogens (tertiary/aromatic N) is 1. The van der Waals surface area contributed by atoms with Crippen LogP contribution in [0.4, 0.5) is 0 Å². The van der Waals surface area contributed by atoms with Gasteiger partial charge in [-0.1, -0.05) is 24.3 Å². The molecule has 2 nitrogen and oxygen atoms in total. The molecule has 0 radical (unpaired) electrons. The molecule has 0 aliphatic rings. The molecule has 0 aromatic heterocycles.